The number of rotatable bonds is 6. The molecule has 1 aliphatic rings. The van der Waals surface area contributed by atoms with Gasteiger partial charge in [0, 0.05) is 59.7 Å². The molecule has 326 valence electrons. The fourth-order valence-electron chi connectivity index (χ4n) is 11.0. The third-order valence-corrected chi connectivity index (χ3v) is 14.0. The summed E-state index contributed by atoms with van der Waals surface area (Å²) >= 11 is 0. The van der Waals surface area contributed by atoms with E-state index in [-0.39, 0.29) is 5.84 Å². The first-order valence-corrected chi connectivity index (χ1v) is 23.5. The van der Waals surface area contributed by atoms with Crippen LogP contribution >= 0.6 is 0 Å². The Balaban J connectivity index is 1.02. The Kier molecular flexibility index (Phi) is 8.73. The number of nitrogens with zero attached hydrogens (tertiary/aromatic N) is 4. The van der Waals surface area contributed by atoms with Gasteiger partial charge in [-0.25, -0.2) is 4.99 Å². The number of fused-ring (bicyclic) bond motifs is 13. The van der Waals surface area contributed by atoms with Gasteiger partial charge >= 0.3 is 0 Å². The minimum Gasteiger partial charge on any atom is -0.456 e. The van der Waals surface area contributed by atoms with Crippen LogP contribution in [0.1, 0.15) is 24.0 Å². The molecule has 0 radical (unpaired) electrons. The smallest absolute Gasteiger partial charge is 0.156 e. The molecular weight excluding hydrogens is 845 g/mol. The molecule has 0 fully saturated rings. The number of para-hydroxylation sites is 5. The second-order valence-corrected chi connectivity index (χ2v) is 17.8. The Morgan fingerprint density at radius 2 is 1.13 bits per heavy atom. The summed E-state index contributed by atoms with van der Waals surface area (Å²) in [6.45, 7) is 0. The molecule has 4 aromatic heterocycles. The zero-order chi connectivity index (χ0) is 45.6. The maximum atomic E-state index is 9.87. The topological polar surface area (TPSA) is 76.2 Å². The average Bonchev–Trinajstić information content (AvgIpc) is 4.15. The molecule has 0 spiro atoms. The van der Waals surface area contributed by atoms with Gasteiger partial charge in [-0.2, -0.15) is 0 Å². The number of amidine groups is 2. The first-order valence-electron chi connectivity index (χ1n) is 23.5. The monoisotopic (exact) mass is 886 g/mol. The third-order valence-electron chi connectivity index (χ3n) is 14.0. The van der Waals surface area contributed by atoms with Crippen molar-refractivity contribution in [3.63, 3.8) is 0 Å². The largest absolute Gasteiger partial charge is 0.456 e. The molecular formula is C62H42N6O. The van der Waals surface area contributed by atoms with Crippen LogP contribution in [0.3, 0.4) is 0 Å². The predicted octanol–water partition coefficient (Wildman–Crippen LogP) is 13.8. The second kappa shape index (κ2) is 15.4. The van der Waals surface area contributed by atoms with E-state index >= 15 is 0 Å². The number of aromatic nitrogens is 3. The van der Waals surface area contributed by atoms with Crippen molar-refractivity contribution < 1.29 is 4.42 Å². The Morgan fingerprint density at radius 3 is 1.91 bits per heavy atom. The highest BCUT2D eigenvalue weighted by molar-refractivity contribution is 6.25. The van der Waals surface area contributed by atoms with E-state index in [4.69, 9.17) is 9.41 Å². The quantitative estimate of drug-likeness (QED) is 0.129. The molecule has 69 heavy (non-hydrogen) atoms. The molecule has 0 bridgehead atoms. The normalized spacial score (nSPS) is 12.9. The van der Waals surface area contributed by atoms with Crippen LogP contribution in [0, 0.1) is 5.41 Å². The Hall–Kier alpha value is -9.20. The highest BCUT2D eigenvalue weighted by atomic mass is 16.3. The number of aliphatic imine (C=N–C) groups is 1. The minimum absolute atomic E-state index is 0.104. The van der Waals surface area contributed by atoms with Crippen molar-refractivity contribution in [2.75, 3.05) is 5.43 Å². The van der Waals surface area contributed by atoms with Gasteiger partial charge in [0.2, 0.25) is 0 Å². The molecule has 0 unspecified atom stereocenters. The van der Waals surface area contributed by atoms with E-state index in [1.54, 1.807) is 0 Å². The molecule has 4 heterocycles. The molecule has 1 aliphatic carbocycles. The lowest BCUT2D eigenvalue weighted by Crippen LogP contribution is -2.38. The third kappa shape index (κ3) is 6.00. The SMILES string of the molecule is N=C(/N=C(\Nn1c2c(c3ccccc31)=CCCC=2)c1ccccc1-n1c2ccccc2c2ccc3c4ccccc4n(-c4ccccc4)c3c21)c1ccc2c(c1)oc1cccc(-c3ccccc3)c12. The summed E-state index contributed by atoms with van der Waals surface area (Å²) in [5.41, 5.74) is 16.6. The summed E-state index contributed by atoms with van der Waals surface area (Å²) in [7, 11) is 0. The molecule has 7 heteroatoms. The van der Waals surface area contributed by atoms with E-state index in [2.05, 4.69) is 207 Å². The van der Waals surface area contributed by atoms with Gasteiger partial charge in [-0.3, -0.25) is 15.5 Å². The lowest BCUT2D eigenvalue weighted by Gasteiger charge is -2.19. The fraction of sp³-hybridized carbons (Fsp3) is 0.0323. The van der Waals surface area contributed by atoms with Crippen LogP contribution < -0.4 is 16.0 Å². The van der Waals surface area contributed by atoms with E-state index in [1.165, 1.54) is 21.4 Å². The standard InChI is InChI=1S/C62H42N6O/c63-61(40-34-35-50-57(38-40)69-56-33-17-27-42(58(50)56)39-18-3-1-4-19-39)64-62(65-68-54-31-15-9-22-43(54)44-23-10-16-32-55(44)68)49-26-11-14-30-53(49)67-52-29-13-8-25-46(52)48-37-36-47-45-24-7-12-28-51(45)66(59(47)60(48)67)41-20-5-2-6-21-41/h1-9,11-15,17-38H,10,16H2,(H2,63,64,65). The van der Waals surface area contributed by atoms with Crippen LogP contribution in [0.25, 0.3) is 111 Å². The fourth-order valence-corrected chi connectivity index (χ4v) is 11.0. The molecule has 13 aromatic rings. The number of hydrogen-bond acceptors (Lipinski definition) is 2. The number of nitrogens with one attached hydrogen (secondary N) is 2. The van der Waals surface area contributed by atoms with Gasteiger partial charge in [0.05, 0.1) is 38.6 Å². The predicted molar refractivity (Wildman–Crippen MR) is 286 cm³/mol. The minimum atomic E-state index is 0.104. The average molecular weight is 887 g/mol. The van der Waals surface area contributed by atoms with Crippen molar-refractivity contribution in [3.05, 3.63) is 228 Å². The van der Waals surface area contributed by atoms with Crippen LogP contribution in [0.5, 0.6) is 0 Å². The number of hydrogen-bond donors (Lipinski definition) is 2. The van der Waals surface area contributed by atoms with Crippen molar-refractivity contribution >= 4 is 100 Å². The molecule has 2 N–H and O–H groups in total. The van der Waals surface area contributed by atoms with E-state index in [1.807, 2.05) is 30.3 Å². The van der Waals surface area contributed by atoms with Crippen molar-refractivity contribution in [1.82, 2.24) is 13.8 Å². The summed E-state index contributed by atoms with van der Waals surface area (Å²) < 4.78 is 13.5. The van der Waals surface area contributed by atoms with E-state index in [0.717, 1.165) is 101 Å². The van der Waals surface area contributed by atoms with Gasteiger partial charge in [-0.1, -0.05) is 158 Å². The Morgan fingerprint density at radius 1 is 0.507 bits per heavy atom. The highest BCUT2D eigenvalue weighted by Crippen LogP contribution is 2.42. The highest BCUT2D eigenvalue weighted by Gasteiger charge is 2.24. The summed E-state index contributed by atoms with van der Waals surface area (Å²) in [5.74, 6) is 0.642. The first kappa shape index (κ1) is 39.0. The summed E-state index contributed by atoms with van der Waals surface area (Å²) in [6.07, 6.45) is 6.56. The van der Waals surface area contributed by atoms with Crippen molar-refractivity contribution in [3.8, 4) is 22.5 Å². The van der Waals surface area contributed by atoms with Gasteiger partial charge in [-0.15, -0.1) is 0 Å². The number of furan rings is 1. The molecule has 9 aromatic carbocycles. The van der Waals surface area contributed by atoms with Crippen LogP contribution in [0.2, 0.25) is 0 Å². The maximum absolute atomic E-state index is 9.87. The van der Waals surface area contributed by atoms with Gasteiger partial charge < -0.3 is 13.6 Å². The molecule has 0 amide bonds. The van der Waals surface area contributed by atoms with Crippen molar-refractivity contribution in [2.24, 2.45) is 4.99 Å². The second-order valence-electron chi connectivity index (χ2n) is 17.8. The van der Waals surface area contributed by atoms with Crippen molar-refractivity contribution in [2.45, 2.75) is 12.8 Å². The van der Waals surface area contributed by atoms with Crippen LogP contribution in [0.4, 0.5) is 0 Å². The molecule has 14 rings (SSSR count). The number of benzene rings is 9. The van der Waals surface area contributed by atoms with Gasteiger partial charge in [0.1, 0.15) is 11.2 Å². The molecule has 0 atom stereocenters. The first-order chi connectivity index (χ1) is 34.2. The van der Waals surface area contributed by atoms with E-state index < -0.39 is 0 Å². The van der Waals surface area contributed by atoms with Gasteiger partial charge in [0.25, 0.3) is 0 Å². The van der Waals surface area contributed by atoms with Gasteiger partial charge in [-0.05, 0) is 84.6 Å². The summed E-state index contributed by atoms with van der Waals surface area (Å²) in [4.78, 5) is 5.35. The van der Waals surface area contributed by atoms with Gasteiger partial charge in [0.15, 0.2) is 11.7 Å². The molecule has 7 nitrogen and oxygen atoms in total. The molecule has 0 saturated carbocycles. The summed E-state index contributed by atoms with van der Waals surface area (Å²) in [6, 6.07) is 72.3. The molecule has 0 saturated heterocycles. The van der Waals surface area contributed by atoms with E-state index in [9.17, 15) is 5.41 Å². The zero-order valence-corrected chi connectivity index (χ0v) is 37.4. The lowest BCUT2D eigenvalue weighted by atomic mass is 9.99. The van der Waals surface area contributed by atoms with Crippen molar-refractivity contribution in [1.29, 1.82) is 5.41 Å². The zero-order valence-electron chi connectivity index (χ0n) is 37.4. The van der Waals surface area contributed by atoms with E-state index in [0.29, 0.717) is 17.0 Å². The van der Waals surface area contributed by atoms with Crippen LogP contribution in [-0.4, -0.2) is 25.5 Å². The Labute approximate surface area is 395 Å². The lowest BCUT2D eigenvalue weighted by molar-refractivity contribution is 0.669. The van der Waals surface area contributed by atoms with Crippen LogP contribution in [0.15, 0.2) is 216 Å². The van der Waals surface area contributed by atoms with Crippen LogP contribution in [-0.2, 0) is 0 Å². The molecule has 0 aliphatic heterocycles. The maximum Gasteiger partial charge on any atom is 0.156 e. The Bertz CT molecular complexity index is 4410. The summed E-state index contributed by atoms with van der Waals surface area (Å²) in [5, 5.41) is 20.1.